The summed E-state index contributed by atoms with van der Waals surface area (Å²) in [6, 6.07) is 0. The van der Waals surface area contributed by atoms with Crippen molar-refractivity contribution in [3.63, 3.8) is 0 Å². The first-order valence-corrected chi connectivity index (χ1v) is 7.90. The van der Waals surface area contributed by atoms with Crippen molar-refractivity contribution in [2.75, 3.05) is 59.5 Å². The molecule has 7 nitrogen and oxygen atoms in total. The molecule has 7 heteroatoms. The van der Waals surface area contributed by atoms with Crippen LogP contribution in [0, 0.1) is 5.41 Å². The molecule has 1 atom stereocenters. The van der Waals surface area contributed by atoms with Crippen LogP contribution >= 0.6 is 0 Å². The second-order valence-electron chi connectivity index (χ2n) is 5.36. The van der Waals surface area contributed by atoms with Crippen molar-refractivity contribution >= 4 is 5.97 Å². The first-order chi connectivity index (χ1) is 11.5. The van der Waals surface area contributed by atoms with Crippen LogP contribution in [0.1, 0.15) is 13.8 Å². The van der Waals surface area contributed by atoms with Gasteiger partial charge in [-0.2, -0.15) is 0 Å². The van der Waals surface area contributed by atoms with Crippen LogP contribution in [0.25, 0.3) is 0 Å². The van der Waals surface area contributed by atoms with E-state index in [1.54, 1.807) is 6.92 Å². The van der Waals surface area contributed by atoms with Crippen LogP contribution in [0.3, 0.4) is 0 Å². The molecule has 0 rings (SSSR count). The predicted molar refractivity (Wildman–Crippen MR) is 89.6 cm³/mol. The van der Waals surface area contributed by atoms with Gasteiger partial charge in [-0.25, -0.2) is 4.79 Å². The Kier molecular flexibility index (Phi) is 13.2. The van der Waals surface area contributed by atoms with Gasteiger partial charge in [0.05, 0.1) is 57.9 Å². The van der Waals surface area contributed by atoms with Gasteiger partial charge < -0.3 is 28.8 Å². The third-order valence-corrected chi connectivity index (χ3v) is 2.98. The molecule has 0 aromatic rings. The van der Waals surface area contributed by atoms with Crippen molar-refractivity contribution in [3.8, 4) is 0 Å². The number of hydrogen-bond donors (Lipinski definition) is 1. The van der Waals surface area contributed by atoms with Gasteiger partial charge in [0.1, 0.15) is 6.61 Å². The Hall–Kier alpha value is -1.41. The molecule has 1 N–H and O–H groups in total. The Morgan fingerprint density at radius 3 is 2.25 bits per heavy atom. The highest BCUT2D eigenvalue weighted by Crippen LogP contribution is 2.21. The number of carbonyl (C=O) groups excluding carboxylic acids is 1. The van der Waals surface area contributed by atoms with Crippen molar-refractivity contribution in [3.05, 3.63) is 25.0 Å². The second-order valence-corrected chi connectivity index (χ2v) is 5.36. The first-order valence-electron chi connectivity index (χ1n) is 7.90. The molecule has 0 spiro atoms. The maximum Gasteiger partial charge on any atom is 0.333 e. The molecular formula is C17H30O7. The Bertz CT molecular complexity index is 370. The van der Waals surface area contributed by atoms with Crippen molar-refractivity contribution in [1.82, 2.24) is 0 Å². The third kappa shape index (κ3) is 10.4. The van der Waals surface area contributed by atoms with Crippen LogP contribution in [-0.4, -0.2) is 70.5 Å². The molecule has 1 unspecified atom stereocenters. The molecule has 0 saturated carbocycles. The van der Waals surface area contributed by atoms with Crippen LogP contribution in [0.5, 0.6) is 0 Å². The van der Waals surface area contributed by atoms with E-state index >= 15 is 0 Å². The van der Waals surface area contributed by atoms with Gasteiger partial charge in [-0.15, -0.1) is 0 Å². The first kappa shape index (κ1) is 22.6. The molecule has 0 aliphatic carbocycles. The van der Waals surface area contributed by atoms with Gasteiger partial charge >= 0.3 is 5.97 Å². The number of hydrogen-bond acceptors (Lipinski definition) is 7. The minimum Gasteiger partial charge on any atom is -0.501 e. The molecule has 0 aromatic heterocycles. The Morgan fingerprint density at radius 1 is 1.08 bits per heavy atom. The SMILES string of the molecule is C=COCC(COCC)(COCCO)COCCOC(=O)C(=C)C. The Balaban J connectivity index is 4.48. The van der Waals surface area contributed by atoms with E-state index in [0.29, 0.717) is 32.0 Å². The van der Waals surface area contributed by atoms with Crippen molar-refractivity contribution < 1.29 is 33.6 Å². The average molecular weight is 346 g/mol. The maximum atomic E-state index is 11.3. The van der Waals surface area contributed by atoms with E-state index in [4.69, 9.17) is 28.8 Å². The fourth-order valence-electron chi connectivity index (χ4n) is 1.76. The van der Waals surface area contributed by atoms with E-state index in [9.17, 15) is 4.79 Å². The second kappa shape index (κ2) is 14.0. The lowest BCUT2D eigenvalue weighted by Gasteiger charge is -2.32. The molecule has 0 bridgehead atoms. The van der Waals surface area contributed by atoms with Crippen molar-refractivity contribution in [1.29, 1.82) is 0 Å². The smallest absolute Gasteiger partial charge is 0.333 e. The molecule has 0 aromatic carbocycles. The standard InChI is InChI=1S/C17H30O7/c1-5-20-11-17(12-21-6-2,13-22-8-7-18)14-23-9-10-24-16(19)15(3)4/h5,18H,1,3,6-14H2,2,4H3. The van der Waals surface area contributed by atoms with Gasteiger partial charge in [-0.1, -0.05) is 13.2 Å². The predicted octanol–water partition coefficient (Wildman–Crippen LogP) is 1.31. The molecule has 0 aliphatic rings. The highest BCUT2D eigenvalue weighted by molar-refractivity contribution is 5.86. The molecule has 0 saturated heterocycles. The van der Waals surface area contributed by atoms with Crippen LogP contribution < -0.4 is 0 Å². The van der Waals surface area contributed by atoms with Crippen molar-refractivity contribution in [2.45, 2.75) is 13.8 Å². The normalized spacial score (nSPS) is 13.1. The zero-order chi connectivity index (χ0) is 18.3. The van der Waals surface area contributed by atoms with Gasteiger partial charge in [0.15, 0.2) is 0 Å². The summed E-state index contributed by atoms with van der Waals surface area (Å²) in [5.41, 5.74) is -0.199. The quantitative estimate of drug-likeness (QED) is 0.195. The van der Waals surface area contributed by atoms with Gasteiger partial charge in [0.25, 0.3) is 0 Å². The molecule has 0 fully saturated rings. The molecule has 0 amide bonds. The monoisotopic (exact) mass is 346 g/mol. The van der Waals surface area contributed by atoms with E-state index in [-0.39, 0.29) is 33.0 Å². The molecule has 0 radical (unpaired) electrons. The highest BCUT2D eigenvalue weighted by Gasteiger charge is 2.32. The highest BCUT2D eigenvalue weighted by atomic mass is 16.6. The lowest BCUT2D eigenvalue weighted by Crippen LogP contribution is -2.42. The van der Waals surface area contributed by atoms with E-state index in [0.717, 1.165) is 0 Å². The van der Waals surface area contributed by atoms with Gasteiger partial charge in [-0.05, 0) is 13.8 Å². The van der Waals surface area contributed by atoms with Gasteiger partial charge in [-0.3, -0.25) is 0 Å². The summed E-state index contributed by atoms with van der Waals surface area (Å²) in [7, 11) is 0. The zero-order valence-corrected chi connectivity index (χ0v) is 14.8. The van der Waals surface area contributed by atoms with Crippen LogP contribution in [0.2, 0.25) is 0 Å². The molecule has 140 valence electrons. The van der Waals surface area contributed by atoms with Crippen LogP contribution in [-0.2, 0) is 28.5 Å². The number of rotatable bonds is 16. The fourth-order valence-corrected chi connectivity index (χ4v) is 1.76. The van der Waals surface area contributed by atoms with Crippen molar-refractivity contribution in [2.24, 2.45) is 5.41 Å². The summed E-state index contributed by atoms with van der Waals surface area (Å²) in [5.74, 6) is -0.444. The topological polar surface area (TPSA) is 83.5 Å². The summed E-state index contributed by atoms with van der Waals surface area (Å²) in [6.45, 7) is 12.9. The third-order valence-electron chi connectivity index (χ3n) is 2.98. The summed E-state index contributed by atoms with van der Waals surface area (Å²) in [6.07, 6.45) is 1.35. The maximum absolute atomic E-state index is 11.3. The Labute approximate surface area is 144 Å². The van der Waals surface area contributed by atoms with E-state index in [2.05, 4.69) is 13.2 Å². The largest absolute Gasteiger partial charge is 0.501 e. The zero-order valence-electron chi connectivity index (χ0n) is 14.8. The number of esters is 1. The van der Waals surface area contributed by atoms with Gasteiger partial charge in [0.2, 0.25) is 0 Å². The average Bonchev–Trinajstić information content (AvgIpc) is 2.57. The molecular weight excluding hydrogens is 316 g/mol. The lowest BCUT2D eigenvalue weighted by atomic mass is 9.92. The molecule has 24 heavy (non-hydrogen) atoms. The summed E-state index contributed by atoms with van der Waals surface area (Å²) in [5, 5.41) is 8.87. The van der Waals surface area contributed by atoms with E-state index in [1.807, 2.05) is 6.92 Å². The number of carbonyl (C=O) groups is 1. The fraction of sp³-hybridized carbons (Fsp3) is 0.706. The van der Waals surface area contributed by atoms with Crippen LogP contribution in [0.15, 0.2) is 25.0 Å². The summed E-state index contributed by atoms with van der Waals surface area (Å²) < 4.78 is 26.9. The number of aliphatic hydroxyl groups is 1. The van der Waals surface area contributed by atoms with Gasteiger partial charge in [0, 0.05) is 12.2 Å². The lowest BCUT2D eigenvalue weighted by molar-refractivity contribution is -0.142. The van der Waals surface area contributed by atoms with E-state index in [1.165, 1.54) is 6.26 Å². The number of aliphatic hydroxyl groups excluding tert-OH is 1. The molecule has 0 aliphatic heterocycles. The number of ether oxygens (including phenoxy) is 5. The Morgan fingerprint density at radius 2 is 1.71 bits per heavy atom. The minimum absolute atomic E-state index is 0.0647. The minimum atomic E-state index is -0.544. The van der Waals surface area contributed by atoms with E-state index < -0.39 is 11.4 Å². The molecule has 0 heterocycles. The summed E-state index contributed by atoms with van der Waals surface area (Å²) >= 11 is 0. The van der Waals surface area contributed by atoms with Crippen LogP contribution in [0.4, 0.5) is 0 Å². The summed E-state index contributed by atoms with van der Waals surface area (Å²) in [4.78, 5) is 11.3.